The highest BCUT2D eigenvalue weighted by Crippen LogP contribution is 2.04. The van der Waals surface area contributed by atoms with Crippen molar-refractivity contribution in [1.82, 2.24) is 0 Å². The van der Waals surface area contributed by atoms with Crippen molar-refractivity contribution in [2.45, 2.75) is 0 Å². The van der Waals surface area contributed by atoms with Crippen molar-refractivity contribution < 1.29 is 25.2 Å². The lowest BCUT2D eigenvalue weighted by Crippen LogP contribution is -1.56. The molecule has 5 heteroatoms. The second kappa shape index (κ2) is 18.1. The van der Waals surface area contributed by atoms with E-state index in [4.69, 9.17) is 25.2 Å². The van der Waals surface area contributed by atoms with Crippen molar-refractivity contribution in [3.63, 3.8) is 0 Å². The lowest BCUT2D eigenvalue weighted by molar-refractivity contribution is -0.0980. The van der Waals surface area contributed by atoms with E-state index in [1.165, 1.54) is 0 Å². The number of benzene rings is 4. The molecule has 30 heavy (non-hydrogen) atoms. The van der Waals surface area contributed by atoms with E-state index in [1.807, 2.05) is 31.1 Å². The van der Waals surface area contributed by atoms with Gasteiger partial charge in [-0.25, -0.2) is 0 Å². The molecule has 0 bridgehead atoms. The first-order chi connectivity index (χ1) is 14.6. The molecule has 156 valence electrons. The monoisotopic (exact) mass is 406 g/mol. The highest BCUT2D eigenvalue weighted by molar-refractivity contribution is 5.20. The zero-order chi connectivity index (χ0) is 22.5. The van der Waals surface area contributed by atoms with Crippen LogP contribution in [0.1, 0.15) is 0 Å². The average Bonchev–Trinajstić information content (AvgIpc) is 2.79. The van der Waals surface area contributed by atoms with Crippen LogP contribution in [0, 0.1) is 0 Å². The number of hydrogen-bond acceptors (Lipinski definition) is 5. The minimum Gasteiger partial charge on any atom is -0.508 e. The number of carbonyl (C=O) groups is 1. The van der Waals surface area contributed by atoms with Gasteiger partial charge in [0.2, 0.25) is 0 Å². The van der Waals surface area contributed by atoms with E-state index >= 15 is 0 Å². The quantitative estimate of drug-likeness (QED) is 0.314. The molecule has 0 aliphatic heterocycles. The van der Waals surface area contributed by atoms with E-state index in [0.29, 0.717) is 23.0 Å². The van der Waals surface area contributed by atoms with Crippen LogP contribution < -0.4 is 0 Å². The molecule has 0 heterocycles. The maximum atomic E-state index is 8.63. The summed E-state index contributed by atoms with van der Waals surface area (Å²) in [6.45, 7) is 2.00. The SMILES string of the molecule is C=O.Oc1ccccc1.Oc1ccccc1.Oc1ccccc1.Oc1ccccc1. The Morgan fingerprint density at radius 1 is 0.333 bits per heavy atom. The van der Waals surface area contributed by atoms with Crippen LogP contribution in [0.3, 0.4) is 0 Å². The molecule has 4 N–H and O–H groups in total. The van der Waals surface area contributed by atoms with Gasteiger partial charge in [0.25, 0.3) is 0 Å². The molecule has 4 rings (SSSR count). The predicted molar refractivity (Wildman–Crippen MR) is 120 cm³/mol. The van der Waals surface area contributed by atoms with Crippen LogP contribution in [0.25, 0.3) is 0 Å². The summed E-state index contributed by atoms with van der Waals surface area (Å²) in [6.07, 6.45) is 0. The van der Waals surface area contributed by atoms with Gasteiger partial charge in [0.1, 0.15) is 29.8 Å². The summed E-state index contributed by atoms with van der Waals surface area (Å²) < 4.78 is 0. The minimum atomic E-state index is 0.322. The average molecular weight is 406 g/mol. The van der Waals surface area contributed by atoms with Crippen molar-refractivity contribution in [2.24, 2.45) is 0 Å². The molecule has 0 unspecified atom stereocenters. The molecule has 0 aromatic heterocycles. The van der Waals surface area contributed by atoms with Gasteiger partial charge >= 0.3 is 0 Å². The van der Waals surface area contributed by atoms with Crippen LogP contribution >= 0.6 is 0 Å². The topological polar surface area (TPSA) is 98.0 Å². The Bertz CT molecular complexity index is 705. The molecule has 0 saturated carbocycles. The number of aromatic hydroxyl groups is 4. The lowest BCUT2D eigenvalue weighted by Gasteiger charge is -1.82. The van der Waals surface area contributed by atoms with Gasteiger partial charge in [-0.3, -0.25) is 0 Å². The van der Waals surface area contributed by atoms with Crippen LogP contribution in [0.2, 0.25) is 0 Å². The van der Waals surface area contributed by atoms with Gasteiger partial charge in [-0.15, -0.1) is 0 Å². The van der Waals surface area contributed by atoms with E-state index in [2.05, 4.69) is 0 Å². The summed E-state index contributed by atoms with van der Waals surface area (Å²) in [5, 5.41) is 34.5. The number of carbonyl (C=O) groups excluding carboxylic acids is 1. The molecule has 0 atom stereocenters. The van der Waals surface area contributed by atoms with E-state index in [1.54, 1.807) is 97.1 Å². The van der Waals surface area contributed by atoms with Crippen LogP contribution in [0.4, 0.5) is 0 Å². The molecule has 4 aromatic carbocycles. The minimum absolute atomic E-state index is 0.322. The van der Waals surface area contributed by atoms with Crippen molar-refractivity contribution in [1.29, 1.82) is 0 Å². The van der Waals surface area contributed by atoms with Gasteiger partial charge in [0.15, 0.2) is 0 Å². The van der Waals surface area contributed by atoms with Gasteiger partial charge in [-0.05, 0) is 48.5 Å². The maximum Gasteiger partial charge on any atom is 0.115 e. The lowest BCUT2D eigenvalue weighted by atomic mass is 10.3. The van der Waals surface area contributed by atoms with E-state index < -0.39 is 0 Å². The molecule has 0 aliphatic rings. The molecule has 0 saturated heterocycles. The molecular formula is C25H26O5. The number of rotatable bonds is 0. The first-order valence-electron chi connectivity index (χ1n) is 8.83. The molecule has 0 radical (unpaired) electrons. The summed E-state index contributed by atoms with van der Waals surface area (Å²) >= 11 is 0. The molecule has 0 aliphatic carbocycles. The number of phenolic OH excluding ortho intramolecular Hbond substituents is 4. The molecule has 0 spiro atoms. The molecule has 5 nitrogen and oxygen atoms in total. The Balaban J connectivity index is 0.000000363. The van der Waals surface area contributed by atoms with E-state index in [-0.39, 0.29) is 0 Å². The Hall–Kier alpha value is -4.25. The van der Waals surface area contributed by atoms with Gasteiger partial charge in [0, 0.05) is 0 Å². The zero-order valence-corrected chi connectivity index (χ0v) is 16.5. The van der Waals surface area contributed by atoms with Crippen LogP contribution in [0.5, 0.6) is 23.0 Å². The zero-order valence-electron chi connectivity index (χ0n) is 16.5. The summed E-state index contributed by atoms with van der Waals surface area (Å²) in [5.74, 6) is 1.29. The van der Waals surface area contributed by atoms with E-state index in [9.17, 15) is 0 Å². The third kappa shape index (κ3) is 16.0. The normalized spacial score (nSPS) is 8.13. The smallest absolute Gasteiger partial charge is 0.115 e. The third-order valence-electron chi connectivity index (χ3n) is 3.02. The fraction of sp³-hybridized carbons (Fsp3) is 0. The summed E-state index contributed by atoms with van der Waals surface area (Å²) in [4.78, 5) is 8.00. The van der Waals surface area contributed by atoms with Crippen LogP contribution in [0.15, 0.2) is 121 Å². The fourth-order valence-electron chi connectivity index (χ4n) is 1.71. The Labute approximate surface area is 176 Å². The van der Waals surface area contributed by atoms with Crippen molar-refractivity contribution in [3.05, 3.63) is 121 Å². The van der Waals surface area contributed by atoms with Gasteiger partial charge in [-0.2, -0.15) is 0 Å². The largest absolute Gasteiger partial charge is 0.508 e. The first kappa shape index (κ1) is 25.8. The van der Waals surface area contributed by atoms with Gasteiger partial charge in [-0.1, -0.05) is 72.8 Å². The Kier molecular flexibility index (Phi) is 15.6. The second-order valence-electron chi connectivity index (χ2n) is 5.34. The summed E-state index contributed by atoms with van der Waals surface area (Å²) in [7, 11) is 0. The van der Waals surface area contributed by atoms with Crippen LogP contribution in [-0.2, 0) is 4.79 Å². The molecule has 0 fully saturated rings. The summed E-state index contributed by atoms with van der Waals surface area (Å²) in [6, 6.07) is 34.9. The third-order valence-corrected chi connectivity index (χ3v) is 3.02. The fourth-order valence-corrected chi connectivity index (χ4v) is 1.71. The van der Waals surface area contributed by atoms with Crippen molar-refractivity contribution in [3.8, 4) is 23.0 Å². The second-order valence-corrected chi connectivity index (χ2v) is 5.34. The molecule has 0 amide bonds. The molecular weight excluding hydrogens is 380 g/mol. The number of hydrogen-bond donors (Lipinski definition) is 4. The Morgan fingerprint density at radius 2 is 0.467 bits per heavy atom. The predicted octanol–water partition coefficient (Wildman–Crippen LogP) is 5.38. The number of para-hydroxylation sites is 4. The molecule has 4 aromatic rings. The highest BCUT2D eigenvalue weighted by Gasteiger charge is 1.76. The Morgan fingerprint density at radius 3 is 0.533 bits per heavy atom. The number of phenols is 4. The first-order valence-corrected chi connectivity index (χ1v) is 8.83. The van der Waals surface area contributed by atoms with Crippen LogP contribution in [-0.4, -0.2) is 27.2 Å². The van der Waals surface area contributed by atoms with Crippen molar-refractivity contribution in [2.75, 3.05) is 0 Å². The van der Waals surface area contributed by atoms with Gasteiger partial charge in [0.05, 0.1) is 0 Å². The summed E-state index contributed by atoms with van der Waals surface area (Å²) in [5.41, 5.74) is 0. The van der Waals surface area contributed by atoms with E-state index in [0.717, 1.165) is 0 Å². The standard InChI is InChI=1S/4C6H6O.CH2O/c4*7-6-4-2-1-3-5-6;1-2/h4*1-5,7H;1H2. The van der Waals surface area contributed by atoms with Crippen molar-refractivity contribution >= 4 is 6.79 Å². The highest BCUT2D eigenvalue weighted by atomic mass is 16.3. The maximum absolute atomic E-state index is 8.63. The van der Waals surface area contributed by atoms with Gasteiger partial charge < -0.3 is 25.2 Å².